The molecule has 0 saturated carbocycles. The zero-order valence-electron chi connectivity index (χ0n) is 44.4. The van der Waals surface area contributed by atoms with Crippen molar-refractivity contribution in [3.05, 3.63) is 0 Å². The third kappa shape index (κ3) is 19.9. The van der Waals surface area contributed by atoms with Crippen molar-refractivity contribution in [2.75, 3.05) is 73.4 Å². The first-order chi connectivity index (χ1) is 30.9. The number of nitrogens with zero attached hydrogens (tertiary/aromatic N) is 6. The van der Waals surface area contributed by atoms with Crippen LogP contribution in [-0.4, -0.2) is 198 Å². The Kier molecular flexibility index (Phi) is 28.0. The fraction of sp³-hybridized carbons (Fsp3) is 0.830. The lowest BCUT2D eigenvalue weighted by Crippen LogP contribution is -2.62. The molecule has 0 saturated heterocycles. The molecular formula is C47H90N10O9S. The van der Waals surface area contributed by atoms with E-state index >= 15 is 0 Å². The molecule has 0 radical (unpaired) electrons. The molecule has 0 bridgehead atoms. The van der Waals surface area contributed by atoms with E-state index in [0.29, 0.717) is 29.9 Å². The van der Waals surface area contributed by atoms with E-state index in [-0.39, 0.29) is 30.1 Å². The highest BCUT2D eigenvalue weighted by molar-refractivity contribution is 7.99. The van der Waals surface area contributed by atoms with Gasteiger partial charge in [0.25, 0.3) is 5.91 Å². The summed E-state index contributed by atoms with van der Waals surface area (Å²) in [4.78, 5) is 117. The van der Waals surface area contributed by atoms with E-state index in [2.05, 4.69) is 40.0 Å². The molecule has 388 valence electrons. The number of nitrogens with one attached hydrogen (secondary N) is 4. The average Bonchev–Trinajstić information content (AvgIpc) is 3.24. The van der Waals surface area contributed by atoms with Gasteiger partial charge in [-0.05, 0) is 69.5 Å². The smallest absolute Gasteiger partial charge is 0.331 e. The largest absolute Gasteiger partial charge is 0.376 e. The van der Waals surface area contributed by atoms with E-state index in [1.54, 1.807) is 65.4 Å². The summed E-state index contributed by atoms with van der Waals surface area (Å²) >= 11 is 1.56. The molecule has 0 heterocycles. The fourth-order valence-electron chi connectivity index (χ4n) is 7.74. The molecule has 20 heteroatoms. The van der Waals surface area contributed by atoms with E-state index in [9.17, 15) is 43.5 Å². The Hall–Kier alpha value is -4.01. The summed E-state index contributed by atoms with van der Waals surface area (Å²) in [6.45, 7) is 26.5. The molecule has 0 aliphatic carbocycles. The van der Waals surface area contributed by atoms with Crippen LogP contribution in [0.5, 0.6) is 0 Å². The number of thioether (sulfide) groups is 1. The highest BCUT2D eigenvalue weighted by Gasteiger charge is 2.42. The van der Waals surface area contributed by atoms with Gasteiger partial charge in [-0.15, -0.1) is 0 Å². The Morgan fingerprint density at radius 1 is 0.687 bits per heavy atom. The van der Waals surface area contributed by atoms with E-state index in [4.69, 9.17) is 0 Å². The van der Waals surface area contributed by atoms with Crippen LogP contribution in [0.1, 0.15) is 116 Å². The number of imide groups is 2. The molecule has 19 nitrogen and oxygen atoms in total. The number of urea groups is 2. The Morgan fingerprint density at radius 3 is 1.70 bits per heavy atom. The number of likely N-dealkylation sites (N-methyl/N-ethyl adjacent to an activating group) is 6. The Bertz CT molecular complexity index is 1620. The quantitative estimate of drug-likeness (QED) is 0.0592. The van der Waals surface area contributed by atoms with Gasteiger partial charge in [-0.2, -0.15) is 11.8 Å². The van der Waals surface area contributed by atoms with Crippen LogP contribution in [0.3, 0.4) is 0 Å². The summed E-state index contributed by atoms with van der Waals surface area (Å²) in [7, 11) is 8.91. The van der Waals surface area contributed by atoms with Crippen LogP contribution < -0.4 is 21.3 Å². The van der Waals surface area contributed by atoms with Crippen molar-refractivity contribution in [1.82, 2.24) is 50.7 Å². The maximum absolute atomic E-state index is 14.3. The highest BCUT2D eigenvalue weighted by Crippen LogP contribution is 2.24. The maximum atomic E-state index is 14.3. The number of aliphatic hydroxyl groups is 1. The van der Waals surface area contributed by atoms with Crippen molar-refractivity contribution >= 4 is 59.3 Å². The zero-order chi connectivity index (χ0) is 52.3. The second kappa shape index (κ2) is 29.8. The molecule has 0 aliphatic rings. The van der Waals surface area contributed by atoms with Crippen molar-refractivity contribution in [2.24, 2.45) is 23.2 Å². The lowest BCUT2D eigenvalue weighted by Gasteiger charge is -2.41. The molecule has 0 aliphatic heterocycles. The second-order valence-corrected chi connectivity index (χ2v) is 21.0. The number of aliphatic hydroxyl groups excluding tert-OH is 1. The number of carbonyl (C=O) groups is 8. The predicted molar refractivity (Wildman–Crippen MR) is 266 cm³/mol. The van der Waals surface area contributed by atoms with Crippen LogP contribution >= 0.6 is 11.8 Å². The van der Waals surface area contributed by atoms with Crippen LogP contribution in [0, 0.1) is 23.2 Å². The molecule has 5 N–H and O–H groups in total. The van der Waals surface area contributed by atoms with Crippen LogP contribution in [0.2, 0.25) is 0 Å². The maximum Gasteiger partial charge on any atom is 0.331 e. The summed E-state index contributed by atoms with van der Waals surface area (Å²) in [5, 5.41) is 21.6. The third-order valence-electron chi connectivity index (χ3n) is 12.0. The van der Waals surface area contributed by atoms with Crippen LogP contribution in [0.15, 0.2) is 0 Å². The SMILES string of the molecule is CCCC(=O)N(C)[C@H](CSCCN(CC)CC)C(=O)N(C)[C@H](C(=O)N[C@@H](C(=O)N(C)C(=O)NC(=O)N[C@H](C)C(=O)N(C)[C@@H](CC(C)C)C(O)N(C)[C@@H](CC(C)C)C(=O)NC)C(C)(C)C)C(C)C. The molecule has 67 heavy (non-hydrogen) atoms. The third-order valence-corrected chi connectivity index (χ3v) is 13.0. The number of carbonyl (C=O) groups excluding carboxylic acids is 8. The molecule has 0 aromatic heterocycles. The van der Waals surface area contributed by atoms with Gasteiger partial charge >= 0.3 is 12.1 Å². The second-order valence-electron chi connectivity index (χ2n) is 19.8. The van der Waals surface area contributed by atoms with Crippen molar-refractivity contribution in [3.8, 4) is 0 Å². The summed E-state index contributed by atoms with van der Waals surface area (Å²) < 4.78 is 0. The molecule has 0 aromatic rings. The summed E-state index contributed by atoms with van der Waals surface area (Å²) in [5.41, 5.74) is -0.962. The number of hydrogen-bond donors (Lipinski definition) is 5. The van der Waals surface area contributed by atoms with Crippen molar-refractivity contribution in [3.63, 3.8) is 0 Å². The van der Waals surface area contributed by atoms with Gasteiger partial charge < -0.3 is 40.7 Å². The minimum absolute atomic E-state index is 0.0360. The van der Waals surface area contributed by atoms with Gasteiger partial charge in [-0.25, -0.2) is 9.59 Å². The average molecular weight is 971 g/mol. The molecule has 7 atom stereocenters. The molecule has 0 rings (SSSR count). The van der Waals surface area contributed by atoms with E-state index in [0.717, 1.165) is 32.4 Å². The Labute approximate surface area is 406 Å². The van der Waals surface area contributed by atoms with Crippen LogP contribution in [0.4, 0.5) is 9.59 Å². The van der Waals surface area contributed by atoms with Gasteiger partial charge in [0.1, 0.15) is 30.4 Å². The van der Waals surface area contributed by atoms with Crippen LogP contribution in [0.25, 0.3) is 0 Å². The lowest BCUT2D eigenvalue weighted by molar-refractivity contribution is -0.148. The number of rotatable bonds is 27. The van der Waals surface area contributed by atoms with Gasteiger partial charge in [-0.3, -0.25) is 43.9 Å². The minimum Gasteiger partial charge on any atom is -0.376 e. The van der Waals surface area contributed by atoms with Crippen molar-refractivity contribution < 1.29 is 43.5 Å². The summed E-state index contributed by atoms with van der Waals surface area (Å²) in [5.74, 6) is -2.15. The van der Waals surface area contributed by atoms with E-state index in [1.807, 2.05) is 34.6 Å². The topological polar surface area (TPSA) is 224 Å². The number of hydrogen-bond acceptors (Lipinski definition) is 12. The fourth-order valence-corrected chi connectivity index (χ4v) is 8.89. The molecular weight excluding hydrogens is 881 g/mol. The Balaban J connectivity index is 6.25. The van der Waals surface area contributed by atoms with Gasteiger partial charge in [0.2, 0.25) is 29.5 Å². The highest BCUT2D eigenvalue weighted by atomic mass is 32.2. The first-order valence-corrected chi connectivity index (χ1v) is 25.0. The monoisotopic (exact) mass is 971 g/mol. The number of amides is 10. The van der Waals surface area contributed by atoms with Gasteiger partial charge in [-0.1, -0.05) is 83.1 Å². The first kappa shape index (κ1) is 63.0. The molecule has 0 fully saturated rings. The minimum atomic E-state index is -1.30. The van der Waals surface area contributed by atoms with E-state index in [1.165, 1.54) is 42.8 Å². The standard InChI is InChI=1S/C47H90N10O9S/c1-20-23-36(58)52(15)35(28-67-25-24-57(21-2)22-3)43(63)55(18)37(31(8)9)40(60)50-38(47(11,12)13)44(64)56(19)46(66)51-45(65)49-32(10)41(61)54(17)34(27-30(6)7)42(62)53(16)33(26-29(4)5)39(59)48-14/h29-35,37-38,42,62H,20-28H2,1-19H3,(H,48,59)(H,50,60)(H2,49,51,65,66)/t32-,33+,34+,35-,37+,38+,42?/m1/s1. The molecule has 10 amide bonds. The van der Waals surface area contributed by atoms with Gasteiger partial charge in [0.15, 0.2) is 0 Å². The summed E-state index contributed by atoms with van der Waals surface area (Å²) in [6.07, 6.45) is 0.446. The molecule has 0 aromatic carbocycles. The summed E-state index contributed by atoms with van der Waals surface area (Å²) in [6, 6.07) is -8.07. The predicted octanol–water partition coefficient (Wildman–Crippen LogP) is 3.25. The van der Waals surface area contributed by atoms with Crippen molar-refractivity contribution in [1.29, 1.82) is 0 Å². The van der Waals surface area contributed by atoms with Gasteiger partial charge in [0.05, 0.1) is 12.1 Å². The molecule has 0 spiro atoms. The van der Waals surface area contributed by atoms with Gasteiger partial charge in [0, 0.05) is 59.7 Å². The van der Waals surface area contributed by atoms with Crippen LogP contribution in [-0.2, 0) is 28.8 Å². The first-order valence-electron chi connectivity index (χ1n) is 23.8. The normalized spacial score (nSPS) is 15.0. The van der Waals surface area contributed by atoms with Crippen molar-refractivity contribution in [2.45, 2.75) is 158 Å². The Morgan fingerprint density at radius 2 is 1.24 bits per heavy atom. The molecule has 1 unspecified atom stereocenters. The zero-order valence-corrected chi connectivity index (χ0v) is 45.3. The lowest BCUT2D eigenvalue weighted by atomic mass is 9.85. The van der Waals surface area contributed by atoms with E-state index < -0.39 is 89.5 Å².